The van der Waals surface area contributed by atoms with Crippen LogP contribution in [0.1, 0.15) is 26.2 Å². The molecule has 0 unspecified atom stereocenters. The largest absolute Gasteiger partial charge is 0.481 e. The zero-order valence-corrected chi connectivity index (χ0v) is 9.93. The van der Waals surface area contributed by atoms with Crippen molar-refractivity contribution in [3.63, 3.8) is 0 Å². The summed E-state index contributed by atoms with van der Waals surface area (Å²) in [7, 11) is 1.22. The van der Waals surface area contributed by atoms with E-state index in [-0.39, 0.29) is 0 Å². The summed E-state index contributed by atoms with van der Waals surface area (Å²) in [5.41, 5.74) is 5.36. The third kappa shape index (κ3) is 5.86. The van der Waals surface area contributed by atoms with Gasteiger partial charge in [-0.25, -0.2) is 4.79 Å². The van der Waals surface area contributed by atoms with Crippen molar-refractivity contribution in [3.8, 4) is 0 Å². The minimum Gasteiger partial charge on any atom is -0.481 e. The van der Waals surface area contributed by atoms with Crippen LogP contribution < -0.4 is 11.1 Å². The Hall–Kier alpha value is -1.63. The van der Waals surface area contributed by atoms with Crippen molar-refractivity contribution in [1.29, 1.82) is 0 Å². The molecule has 0 aromatic rings. The Labute approximate surface area is 99.3 Å². The first-order valence-electron chi connectivity index (χ1n) is 5.27. The smallest absolute Gasteiger partial charge is 0.328 e. The molecule has 0 aliphatic carbocycles. The molecule has 0 rings (SSSR count). The molecule has 1 amide bonds. The number of nitrogens with one attached hydrogen (secondary N) is 1. The number of ether oxygens (including phenoxy) is 1. The Morgan fingerprint density at radius 1 is 1.41 bits per heavy atom. The molecule has 4 N–H and O–H groups in total. The van der Waals surface area contributed by atoms with Crippen LogP contribution in [0.3, 0.4) is 0 Å². The maximum atomic E-state index is 11.5. The summed E-state index contributed by atoms with van der Waals surface area (Å²) in [5, 5.41) is 10.8. The fraction of sp³-hybridized carbons (Fsp3) is 0.700. The monoisotopic (exact) mass is 246 g/mol. The van der Waals surface area contributed by atoms with Gasteiger partial charge in [0.05, 0.1) is 19.6 Å². The van der Waals surface area contributed by atoms with Crippen molar-refractivity contribution in [1.82, 2.24) is 5.32 Å². The molecule has 17 heavy (non-hydrogen) atoms. The zero-order chi connectivity index (χ0) is 13.4. The maximum Gasteiger partial charge on any atom is 0.328 e. The van der Waals surface area contributed by atoms with Crippen molar-refractivity contribution in [2.75, 3.05) is 7.11 Å². The molecule has 7 nitrogen and oxygen atoms in total. The van der Waals surface area contributed by atoms with Crippen LogP contribution in [0, 0.1) is 0 Å². The molecule has 0 bridgehead atoms. The van der Waals surface area contributed by atoms with Crippen LogP contribution in [-0.4, -0.2) is 42.1 Å². The highest BCUT2D eigenvalue weighted by molar-refractivity contribution is 5.89. The summed E-state index contributed by atoms with van der Waals surface area (Å²) >= 11 is 0. The van der Waals surface area contributed by atoms with E-state index >= 15 is 0 Å². The van der Waals surface area contributed by atoms with Gasteiger partial charge in [-0.15, -0.1) is 0 Å². The zero-order valence-electron chi connectivity index (χ0n) is 9.93. The summed E-state index contributed by atoms with van der Waals surface area (Å²) < 4.78 is 4.52. The summed E-state index contributed by atoms with van der Waals surface area (Å²) in [6.07, 6.45) is 0.609. The lowest BCUT2D eigenvalue weighted by Gasteiger charge is -2.17. The number of carbonyl (C=O) groups is 3. The van der Waals surface area contributed by atoms with E-state index in [0.29, 0.717) is 12.8 Å². The van der Waals surface area contributed by atoms with Crippen molar-refractivity contribution in [2.24, 2.45) is 5.73 Å². The molecule has 0 aromatic carbocycles. The number of methoxy groups -OCH3 is 1. The lowest BCUT2D eigenvalue weighted by atomic mass is 10.1. The Morgan fingerprint density at radius 2 is 2.00 bits per heavy atom. The molecule has 0 aliphatic heterocycles. The topological polar surface area (TPSA) is 119 Å². The number of rotatable bonds is 7. The molecule has 2 atom stereocenters. The van der Waals surface area contributed by atoms with E-state index in [1.54, 1.807) is 0 Å². The molecular formula is C10H18N2O5. The molecule has 0 aliphatic rings. The predicted octanol–water partition coefficient (Wildman–Crippen LogP) is -0.754. The molecule has 0 saturated heterocycles. The number of hydrogen-bond donors (Lipinski definition) is 3. The van der Waals surface area contributed by atoms with Crippen LogP contribution in [0.5, 0.6) is 0 Å². The van der Waals surface area contributed by atoms with E-state index in [0.717, 1.165) is 0 Å². The average Bonchev–Trinajstić information content (AvgIpc) is 2.26. The first-order valence-corrected chi connectivity index (χ1v) is 5.27. The molecule has 0 spiro atoms. The summed E-state index contributed by atoms with van der Waals surface area (Å²) in [5.74, 6) is -2.41. The summed E-state index contributed by atoms with van der Waals surface area (Å²) in [4.78, 5) is 33.1. The SMILES string of the molecule is CCC[C@H](NC(=O)[C@@H](N)CC(=O)O)C(=O)OC. The molecular weight excluding hydrogens is 228 g/mol. The standard InChI is InChI=1S/C10H18N2O5/c1-3-4-7(10(16)17-2)12-9(15)6(11)5-8(13)14/h6-7H,3-5,11H2,1-2H3,(H,12,15)(H,13,14)/t6-,7-/m0/s1. The number of carboxylic acid groups (broad SMARTS) is 1. The van der Waals surface area contributed by atoms with Crippen LogP contribution in [-0.2, 0) is 19.1 Å². The lowest BCUT2D eigenvalue weighted by Crippen LogP contribution is -2.49. The van der Waals surface area contributed by atoms with Gasteiger partial charge in [0.2, 0.25) is 5.91 Å². The highest BCUT2D eigenvalue weighted by Gasteiger charge is 2.24. The van der Waals surface area contributed by atoms with Gasteiger partial charge in [-0.05, 0) is 6.42 Å². The van der Waals surface area contributed by atoms with E-state index in [2.05, 4.69) is 10.1 Å². The number of hydrogen-bond acceptors (Lipinski definition) is 5. The second-order valence-electron chi connectivity index (χ2n) is 3.58. The number of aliphatic carboxylic acids is 1. The average molecular weight is 246 g/mol. The normalized spacial score (nSPS) is 13.6. The van der Waals surface area contributed by atoms with Crippen LogP contribution in [0.2, 0.25) is 0 Å². The number of carboxylic acids is 1. The van der Waals surface area contributed by atoms with Gasteiger partial charge in [0.1, 0.15) is 6.04 Å². The van der Waals surface area contributed by atoms with Crippen molar-refractivity contribution >= 4 is 17.8 Å². The van der Waals surface area contributed by atoms with Gasteiger partial charge in [-0.3, -0.25) is 9.59 Å². The number of nitrogens with two attached hydrogens (primary N) is 1. The van der Waals surface area contributed by atoms with E-state index in [4.69, 9.17) is 10.8 Å². The van der Waals surface area contributed by atoms with Gasteiger partial charge in [0.15, 0.2) is 0 Å². The number of carbonyl (C=O) groups excluding carboxylic acids is 2. The molecule has 0 saturated carbocycles. The highest BCUT2D eigenvalue weighted by Crippen LogP contribution is 2.00. The molecule has 0 aromatic heterocycles. The van der Waals surface area contributed by atoms with Crippen molar-refractivity contribution < 1.29 is 24.2 Å². The molecule has 0 radical (unpaired) electrons. The molecule has 7 heteroatoms. The highest BCUT2D eigenvalue weighted by atomic mass is 16.5. The predicted molar refractivity (Wildman–Crippen MR) is 59.1 cm³/mol. The van der Waals surface area contributed by atoms with Gasteiger partial charge < -0.3 is 20.9 Å². The fourth-order valence-electron chi connectivity index (χ4n) is 1.24. The van der Waals surface area contributed by atoms with E-state index < -0.39 is 36.4 Å². The molecule has 0 fully saturated rings. The third-order valence-corrected chi connectivity index (χ3v) is 2.11. The third-order valence-electron chi connectivity index (χ3n) is 2.11. The molecule has 98 valence electrons. The second-order valence-corrected chi connectivity index (χ2v) is 3.58. The summed E-state index contributed by atoms with van der Waals surface area (Å²) in [6, 6.07) is -1.95. The Kier molecular flexibility index (Phi) is 6.88. The Morgan fingerprint density at radius 3 is 2.41 bits per heavy atom. The summed E-state index contributed by atoms with van der Waals surface area (Å²) in [6.45, 7) is 1.85. The van der Waals surface area contributed by atoms with Crippen LogP contribution in [0.25, 0.3) is 0 Å². The van der Waals surface area contributed by atoms with Gasteiger partial charge in [-0.2, -0.15) is 0 Å². The van der Waals surface area contributed by atoms with Gasteiger partial charge >= 0.3 is 11.9 Å². The number of esters is 1. The van der Waals surface area contributed by atoms with E-state index in [1.807, 2.05) is 6.92 Å². The van der Waals surface area contributed by atoms with Crippen LogP contribution >= 0.6 is 0 Å². The minimum absolute atomic E-state index is 0.415. The van der Waals surface area contributed by atoms with E-state index in [9.17, 15) is 14.4 Å². The van der Waals surface area contributed by atoms with Gasteiger partial charge in [0, 0.05) is 0 Å². The van der Waals surface area contributed by atoms with Crippen molar-refractivity contribution in [2.45, 2.75) is 38.3 Å². The lowest BCUT2D eigenvalue weighted by molar-refractivity contribution is -0.145. The molecule has 0 heterocycles. The Balaban J connectivity index is 4.39. The Bertz CT molecular complexity index is 292. The van der Waals surface area contributed by atoms with E-state index in [1.165, 1.54) is 7.11 Å². The van der Waals surface area contributed by atoms with Crippen LogP contribution in [0.4, 0.5) is 0 Å². The minimum atomic E-state index is -1.17. The van der Waals surface area contributed by atoms with Crippen LogP contribution in [0.15, 0.2) is 0 Å². The van der Waals surface area contributed by atoms with Gasteiger partial charge in [0.25, 0.3) is 0 Å². The second kappa shape index (κ2) is 7.61. The first-order chi connectivity index (χ1) is 7.92. The quantitative estimate of drug-likeness (QED) is 0.508. The number of amides is 1. The maximum absolute atomic E-state index is 11.5. The van der Waals surface area contributed by atoms with Crippen molar-refractivity contribution in [3.05, 3.63) is 0 Å². The first kappa shape index (κ1) is 15.4. The fourth-order valence-corrected chi connectivity index (χ4v) is 1.24. The van der Waals surface area contributed by atoms with Gasteiger partial charge in [-0.1, -0.05) is 13.3 Å².